The molecule has 5 nitrogen and oxygen atoms in total. The molecule has 19 heavy (non-hydrogen) atoms. The van der Waals surface area contributed by atoms with Crippen LogP contribution in [0.4, 0.5) is 5.00 Å². The van der Waals surface area contributed by atoms with Crippen LogP contribution in [0.25, 0.3) is 0 Å². The van der Waals surface area contributed by atoms with Gasteiger partial charge in [-0.1, -0.05) is 19.8 Å². The Morgan fingerprint density at radius 2 is 2.05 bits per heavy atom. The van der Waals surface area contributed by atoms with E-state index in [2.05, 4.69) is 22.0 Å². The largest absolute Gasteiger partial charge is 0.355 e. The third-order valence-electron chi connectivity index (χ3n) is 3.10. The van der Waals surface area contributed by atoms with Crippen LogP contribution < -0.4 is 10.6 Å². The minimum Gasteiger partial charge on any atom is -0.355 e. The van der Waals surface area contributed by atoms with E-state index < -0.39 is 10.0 Å². The fourth-order valence-electron chi connectivity index (χ4n) is 1.95. The van der Waals surface area contributed by atoms with Crippen molar-refractivity contribution in [3.05, 3.63) is 10.4 Å². The van der Waals surface area contributed by atoms with Crippen molar-refractivity contribution in [3.8, 4) is 0 Å². The first kappa shape index (κ1) is 14.3. The van der Waals surface area contributed by atoms with Crippen molar-refractivity contribution in [2.45, 2.75) is 44.9 Å². The van der Waals surface area contributed by atoms with E-state index in [1.54, 1.807) is 0 Å². The molecule has 0 amide bonds. The third kappa shape index (κ3) is 2.92. The molecule has 1 aromatic heterocycles. The lowest BCUT2D eigenvalue weighted by Gasteiger charge is -2.16. The lowest BCUT2D eigenvalue weighted by molar-refractivity contribution is 0.597. The average Bonchev–Trinajstić information content (AvgIpc) is 2.60. The molecule has 1 aliphatic rings. The predicted molar refractivity (Wildman–Crippen MR) is 79.6 cm³/mol. The molecule has 106 valence electrons. The van der Waals surface area contributed by atoms with E-state index in [9.17, 15) is 8.42 Å². The fourth-order valence-corrected chi connectivity index (χ4v) is 4.68. The smallest absolute Gasteiger partial charge is 0.288 e. The van der Waals surface area contributed by atoms with Gasteiger partial charge in [0.2, 0.25) is 5.96 Å². The predicted octanol–water partition coefficient (Wildman–Crippen LogP) is 2.61. The fraction of sp³-hybridized carbons (Fsp3) is 0.583. The Morgan fingerprint density at radius 1 is 1.32 bits per heavy atom. The van der Waals surface area contributed by atoms with E-state index in [-0.39, 0.29) is 0 Å². The molecule has 0 fully saturated rings. The molecular weight excluding hydrogens is 282 g/mol. The van der Waals surface area contributed by atoms with Crippen molar-refractivity contribution in [3.63, 3.8) is 0 Å². The number of nitrogens with one attached hydrogen (secondary N) is 2. The van der Waals surface area contributed by atoms with Crippen molar-refractivity contribution in [1.82, 2.24) is 5.32 Å². The van der Waals surface area contributed by atoms with Gasteiger partial charge in [-0.15, -0.1) is 15.7 Å². The molecule has 2 heterocycles. The van der Waals surface area contributed by atoms with E-state index >= 15 is 0 Å². The van der Waals surface area contributed by atoms with Crippen LogP contribution in [0.5, 0.6) is 0 Å². The lowest BCUT2D eigenvalue weighted by atomic mass is 10.2. The first-order valence-corrected chi connectivity index (χ1v) is 8.67. The maximum absolute atomic E-state index is 12.1. The summed E-state index contributed by atoms with van der Waals surface area (Å²) in [5.74, 6) is 0.338. The van der Waals surface area contributed by atoms with Gasteiger partial charge in [-0.05, 0) is 25.8 Å². The summed E-state index contributed by atoms with van der Waals surface area (Å²) in [7, 11) is -3.57. The number of hydrogen-bond acceptors (Lipinski definition) is 5. The van der Waals surface area contributed by atoms with E-state index in [1.165, 1.54) is 11.3 Å². The Kier molecular flexibility index (Phi) is 4.15. The molecule has 0 radical (unpaired) electrons. The number of thiophene rings is 1. The van der Waals surface area contributed by atoms with Gasteiger partial charge < -0.3 is 10.6 Å². The van der Waals surface area contributed by atoms with Crippen LogP contribution in [0.2, 0.25) is 0 Å². The Hall–Kier alpha value is -1.08. The number of rotatable bonds is 4. The first-order valence-electron chi connectivity index (χ1n) is 6.41. The molecule has 1 aliphatic heterocycles. The third-order valence-corrected chi connectivity index (χ3v) is 5.81. The highest BCUT2D eigenvalue weighted by molar-refractivity contribution is 7.90. The molecule has 0 spiro atoms. The van der Waals surface area contributed by atoms with Crippen molar-refractivity contribution in [2.24, 2.45) is 4.40 Å². The SMILES string of the molecule is CCCCCNC1=NS(=O)(=O)c2c(sc(C)c2C)N1. The van der Waals surface area contributed by atoms with Gasteiger partial charge in [0.25, 0.3) is 10.0 Å². The second kappa shape index (κ2) is 5.50. The molecule has 0 bridgehead atoms. The zero-order chi connectivity index (χ0) is 14.0. The number of guanidine groups is 1. The van der Waals surface area contributed by atoms with Crippen LogP contribution >= 0.6 is 11.3 Å². The summed E-state index contributed by atoms with van der Waals surface area (Å²) in [5.41, 5.74) is 0.793. The minimum absolute atomic E-state index is 0.328. The number of unbranched alkanes of at least 4 members (excludes halogenated alkanes) is 2. The van der Waals surface area contributed by atoms with E-state index in [1.807, 2.05) is 13.8 Å². The van der Waals surface area contributed by atoms with Crippen molar-refractivity contribution in [1.29, 1.82) is 0 Å². The van der Waals surface area contributed by atoms with Gasteiger partial charge in [0.15, 0.2) is 0 Å². The second-order valence-corrected chi connectivity index (χ2v) is 7.38. The highest BCUT2D eigenvalue weighted by Gasteiger charge is 2.29. The van der Waals surface area contributed by atoms with Crippen LogP contribution in [0.3, 0.4) is 0 Å². The quantitative estimate of drug-likeness (QED) is 0.839. The van der Waals surface area contributed by atoms with Crippen molar-refractivity contribution < 1.29 is 8.42 Å². The molecular formula is C12H19N3O2S2. The molecule has 2 rings (SSSR count). The van der Waals surface area contributed by atoms with E-state index in [0.29, 0.717) is 15.9 Å². The number of fused-ring (bicyclic) bond motifs is 1. The highest BCUT2D eigenvalue weighted by Crippen LogP contribution is 2.38. The van der Waals surface area contributed by atoms with Crippen molar-refractivity contribution >= 4 is 32.3 Å². The molecule has 7 heteroatoms. The second-order valence-electron chi connectivity index (χ2n) is 4.62. The van der Waals surface area contributed by atoms with Crippen LogP contribution in [0, 0.1) is 13.8 Å². The Balaban J connectivity index is 2.18. The summed E-state index contributed by atoms with van der Waals surface area (Å²) in [6, 6.07) is 0. The molecule has 0 saturated heterocycles. The van der Waals surface area contributed by atoms with Gasteiger partial charge in [-0.2, -0.15) is 8.42 Å². The molecule has 0 aromatic carbocycles. The highest BCUT2D eigenvalue weighted by atomic mass is 32.2. The summed E-state index contributed by atoms with van der Waals surface area (Å²) in [6.45, 7) is 6.60. The molecule has 0 atom stereocenters. The van der Waals surface area contributed by atoms with Crippen LogP contribution in [0.15, 0.2) is 9.29 Å². The van der Waals surface area contributed by atoms with Crippen LogP contribution in [0.1, 0.15) is 36.6 Å². The summed E-state index contributed by atoms with van der Waals surface area (Å²) >= 11 is 1.46. The summed E-state index contributed by atoms with van der Waals surface area (Å²) < 4.78 is 28.1. The Labute approximate surface area is 118 Å². The summed E-state index contributed by atoms with van der Waals surface area (Å²) in [6.07, 6.45) is 3.26. The number of nitrogens with zero attached hydrogens (tertiary/aromatic N) is 1. The van der Waals surface area contributed by atoms with E-state index in [4.69, 9.17) is 0 Å². The zero-order valence-corrected chi connectivity index (χ0v) is 13.0. The molecule has 0 unspecified atom stereocenters. The van der Waals surface area contributed by atoms with Gasteiger partial charge in [0, 0.05) is 11.4 Å². The number of hydrogen-bond donors (Lipinski definition) is 2. The van der Waals surface area contributed by atoms with Gasteiger partial charge >= 0.3 is 0 Å². The van der Waals surface area contributed by atoms with Gasteiger partial charge in [0.05, 0.1) is 0 Å². The average molecular weight is 301 g/mol. The summed E-state index contributed by atoms with van der Waals surface area (Å²) in [5, 5.41) is 6.79. The van der Waals surface area contributed by atoms with Crippen LogP contribution in [-0.2, 0) is 10.0 Å². The lowest BCUT2D eigenvalue weighted by Crippen LogP contribution is -2.34. The Morgan fingerprint density at radius 3 is 2.74 bits per heavy atom. The first-order chi connectivity index (χ1) is 8.95. The topological polar surface area (TPSA) is 70.6 Å². The van der Waals surface area contributed by atoms with E-state index in [0.717, 1.165) is 36.2 Å². The molecule has 1 aromatic rings. The van der Waals surface area contributed by atoms with Gasteiger partial charge in [-0.3, -0.25) is 0 Å². The van der Waals surface area contributed by atoms with Gasteiger partial charge in [0.1, 0.15) is 9.90 Å². The van der Waals surface area contributed by atoms with Crippen LogP contribution in [-0.4, -0.2) is 20.9 Å². The Bertz CT molecular complexity index is 603. The number of sulfonamides is 1. The normalized spacial score (nSPS) is 16.5. The monoisotopic (exact) mass is 301 g/mol. The summed E-state index contributed by atoms with van der Waals surface area (Å²) in [4.78, 5) is 1.33. The maximum atomic E-state index is 12.1. The van der Waals surface area contributed by atoms with Gasteiger partial charge in [-0.25, -0.2) is 0 Å². The molecule has 2 N–H and O–H groups in total. The molecule has 0 saturated carbocycles. The minimum atomic E-state index is -3.57. The van der Waals surface area contributed by atoms with Crippen molar-refractivity contribution in [2.75, 3.05) is 11.9 Å². The maximum Gasteiger partial charge on any atom is 0.288 e. The molecule has 0 aliphatic carbocycles. The standard InChI is InChI=1S/C12H19N3O2S2/c1-4-5-6-7-13-12-14-11-10(19(16,17)15-12)8(2)9(3)18-11/h4-7H2,1-3H3,(H2,13,14,15). The number of anilines is 1. The zero-order valence-electron chi connectivity index (χ0n) is 11.4. The number of aryl methyl sites for hydroxylation is 1.